The first-order valence-corrected chi connectivity index (χ1v) is 8.54. The summed E-state index contributed by atoms with van der Waals surface area (Å²) in [6.07, 6.45) is -6.05. The smallest absolute Gasteiger partial charge is 0.378 e. The summed E-state index contributed by atoms with van der Waals surface area (Å²) in [5, 5.41) is 12.4. The van der Waals surface area contributed by atoms with Gasteiger partial charge in [-0.1, -0.05) is 12.1 Å². The molecule has 2 N–H and O–H groups in total. The first kappa shape index (κ1) is 21.6. The maximum Gasteiger partial charge on any atom is 0.416 e. The summed E-state index contributed by atoms with van der Waals surface area (Å²) >= 11 is 0. The maximum atomic E-state index is 12.6. The molecule has 0 radical (unpaired) electrons. The van der Waals surface area contributed by atoms with Gasteiger partial charge in [0.2, 0.25) is 0 Å². The second-order valence-electron chi connectivity index (χ2n) is 6.58. The highest BCUT2D eigenvalue weighted by Crippen LogP contribution is 2.30. The Hall–Kier alpha value is -2.74. The average Bonchev–Trinajstić information content (AvgIpc) is 2.66. The predicted molar refractivity (Wildman–Crippen MR) is 95.1 cm³/mol. The minimum atomic E-state index is -4.51. The van der Waals surface area contributed by atoms with Crippen LogP contribution in [0.3, 0.4) is 0 Å². The number of benzene rings is 1. The standard InChI is InChI=1S/C20H20F3NO4/c1-10-11(2)17(26)15(12(3)16(10)25)8-9-24-19(28)18(27)13-4-6-14(7-5-13)20(21,22)23/h4-7,18,27H,8-9H2,1-3H3,(H,24,28). The average molecular weight is 395 g/mol. The van der Waals surface area contributed by atoms with Crippen LogP contribution in [0.15, 0.2) is 46.6 Å². The minimum Gasteiger partial charge on any atom is -0.378 e. The molecular formula is C20H20F3NO4. The Bertz CT molecular complexity index is 880. The number of allylic oxidation sites excluding steroid dienone is 3. The zero-order valence-corrected chi connectivity index (χ0v) is 15.6. The van der Waals surface area contributed by atoms with Crippen LogP contribution in [-0.2, 0) is 20.6 Å². The van der Waals surface area contributed by atoms with Gasteiger partial charge in [0.1, 0.15) is 0 Å². The molecule has 1 aromatic carbocycles. The third-order valence-corrected chi connectivity index (χ3v) is 4.79. The molecule has 0 spiro atoms. The summed E-state index contributed by atoms with van der Waals surface area (Å²) in [4.78, 5) is 36.5. The molecular weight excluding hydrogens is 375 g/mol. The number of alkyl halides is 3. The molecule has 1 aliphatic rings. The van der Waals surface area contributed by atoms with Crippen LogP contribution in [0.1, 0.15) is 44.4 Å². The Morgan fingerprint density at radius 2 is 1.54 bits per heavy atom. The molecule has 2 rings (SSSR count). The highest BCUT2D eigenvalue weighted by atomic mass is 19.4. The zero-order valence-electron chi connectivity index (χ0n) is 15.6. The molecule has 0 heterocycles. The second kappa shape index (κ2) is 8.10. The van der Waals surface area contributed by atoms with Crippen molar-refractivity contribution in [1.29, 1.82) is 0 Å². The van der Waals surface area contributed by atoms with E-state index < -0.39 is 23.8 Å². The number of amides is 1. The Labute approximate surface area is 159 Å². The lowest BCUT2D eigenvalue weighted by atomic mass is 9.84. The van der Waals surface area contributed by atoms with Gasteiger partial charge in [0.05, 0.1) is 5.56 Å². The number of carbonyl (C=O) groups excluding carboxylic acids is 3. The number of aliphatic hydroxyl groups is 1. The molecule has 0 fully saturated rings. The van der Waals surface area contributed by atoms with Crippen LogP contribution in [0.2, 0.25) is 0 Å². The van der Waals surface area contributed by atoms with Gasteiger partial charge in [0, 0.05) is 28.8 Å². The summed E-state index contributed by atoms with van der Waals surface area (Å²) in [6, 6.07) is 3.62. The normalized spacial score (nSPS) is 16.5. The van der Waals surface area contributed by atoms with Crippen LogP contribution in [0.25, 0.3) is 0 Å². The number of aliphatic hydroxyl groups excluding tert-OH is 1. The summed E-state index contributed by atoms with van der Waals surface area (Å²) in [5.74, 6) is -1.29. The molecule has 8 heteroatoms. The third kappa shape index (κ3) is 4.39. The number of rotatable bonds is 5. The summed E-state index contributed by atoms with van der Waals surface area (Å²) in [6.45, 7) is 4.69. The summed E-state index contributed by atoms with van der Waals surface area (Å²) in [7, 11) is 0. The van der Waals surface area contributed by atoms with Gasteiger partial charge in [0.15, 0.2) is 17.7 Å². The SMILES string of the molecule is CC1=C(C)C(=O)C(CCNC(=O)C(O)c2ccc(C(F)(F)F)cc2)=C(C)C1=O. The Morgan fingerprint density at radius 1 is 1.00 bits per heavy atom. The van der Waals surface area contributed by atoms with Crippen molar-refractivity contribution in [3.63, 3.8) is 0 Å². The molecule has 0 saturated heterocycles. The largest absolute Gasteiger partial charge is 0.416 e. The van der Waals surface area contributed by atoms with Gasteiger partial charge >= 0.3 is 6.18 Å². The van der Waals surface area contributed by atoms with Crippen LogP contribution in [-0.4, -0.2) is 29.1 Å². The molecule has 1 aromatic rings. The number of ketones is 2. The lowest BCUT2D eigenvalue weighted by Gasteiger charge is -2.19. The maximum absolute atomic E-state index is 12.6. The van der Waals surface area contributed by atoms with Gasteiger partial charge in [-0.3, -0.25) is 14.4 Å². The fourth-order valence-corrected chi connectivity index (χ4v) is 2.87. The van der Waals surface area contributed by atoms with Crippen molar-refractivity contribution in [2.75, 3.05) is 6.54 Å². The van der Waals surface area contributed by atoms with Crippen LogP contribution in [0.5, 0.6) is 0 Å². The van der Waals surface area contributed by atoms with Crippen molar-refractivity contribution in [2.24, 2.45) is 0 Å². The number of carbonyl (C=O) groups is 3. The summed E-state index contributed by atoms with van der Waals surface area (Å²) in [5.41, 5.74) is 0.516. The van der Waals surface area contributed by atoms with Gasteiger partial charge in [-0.05, 0) is 44.9 Å². The molecule has 1 unspecified atom stereocenters. The van der Waals surface area contributed by atoms with E-state index in [9.17, 15) is 32.7 Å². The molecule has 1 atom stereocenters. The number of Topliss-reactive ketones (excluding diaryl/α,β-unsaturated/α-hetero) is 2. The van der Waals surface area contributed by atoms with E-state index in [2.05, 4.69) is 5.32 Å². The van der Waals surface area contributed by atoms with Gasteiger partial charge < -0.3 is 10.4 Å². The van der Waals surface area contributed by atoms with Crippen molar-refractivity contribution in [3.05, 3.63) is 57.7 Å². The Balaban J connectivity index is 1.99. The molecule has 0 aliphatic heterocycles. The van der Waals surface area contributed by atoms with Crippen LogP contribution >= 0.6 is 0 Å². The molecule has 28 heavy (non-hydrogen) atoms. The fraction of sp³-hybridized carbons (Fsp3) is 0.350. The van der Waals surface area contributed by atoms with Crippen molar-refractivity contribution in [1.82, 2.24) is 5.32 Å². The molecule has 150 valence electrons. The van der Waals surface area contributed by atoms with Crippen LogP contribution in [0, 0.1) is 0 Å². The number of halogens is 3. The number of nitrogens with one attached hydrogen (secondary N) is 1. The molecule has 0 saturated carbocycles. The summed E-state index contributed by atoms with van der Waals surface area (Å²) < 4.78 is 37.7. The molecule has 1 aliphatic carbocycles. The van der Waals surface area contributed by atoms with Gasteiger partial charge in [0.25, 0.3) is 5.91 Å². The molecule has 5 nitrogen and oxygen atoms in total. The van der Waals surface area contributed by atoms with E-state index in [1.807, 2.05) is 0 Å². The van der Waals surface area contributed by atoms with Crippen molar-refractivity contribution in [2.45, 2.75) is 39.5 Å². The first-order chi connectivity index (χ1) is 12.9. The molecule has 1 amide bonds. The van der Waals surface area contributed by atoms with Crippen molar-refractivity contribution >= 4 is 17.5 Å². The van der Waals surface area contributed by atoms with Crippen molar-refractivity contribution in [3.8, 4) is 0 Å². The van der Waals surface area contributed by atoms with Crippen molar-refractivity contribution < 1.29 is 32.7 Å². The monoisotopic (exact) mass is 395 g/mol. The van der Waals surface area contributed by atoms with Crippen LogP contribution < -0.4 is 5.32 Å². The van der Waals surface area contributed by atoms with E-state index in [0.717, 1.165) is 24.3 Å². The highest BCUT2D eigenvalue weighted by Gasteiger charge is 2.31. The lowest BCUT2D eigenvalue weighted by molar-refractivity contribution is -0.137. The van der Waals surface area contributed by atoms with E-state index in [4.69, 9.17) is 0 Å². The zero-order chi connectivity index (χ0) is 21.2. The second-order valence-corrected chi connectivity index (χ2v) is 6.58. The van der Waals surface area contributed by atoms with E-state index in [0.29, 0.717) is 22.3 Å². The lowest BCUT2D eigenvalue weighted by Crippen LogP contribution is -2.31. The van der Waals surface area contributed by atoms with E-state index in [1.54, 1.807) is 20.8 Å². The molecule has 0 aromatic heterocycles. The number of hydrogen-bond donors (Lipinski definition) is 2. The quantitative estimate of drug-likeness (QED) is 0.751. The minimum absolute atomic E-state index is 0.00541. The van der Waals surface area contributed by atoms with E-state index in [-0.39, 0.29) is 30.1 Å². The van der Waals surface area contributed by atoms with Gasteiger partial charge in [-0.25, -0.2) is 0 Å². The Morgan fingerprint density at radius 3 is 2.07 bits per heavy atom. The Kier molecular flexibility index (Phi) is 6.23. The highest BCUT2D eigenvalue weighted by molar-refractivity contribution is 6.24. The van der Waals surface area contributed by atoms with Gasteiger partial charge in [-0.15, -0.1) is 0 Å². The molecule has 0 bridgehead atoms. The first-order valence-electron chi connectivity index (χ1n) is 8.54. The third-order valence-electron chi connectivity index (χ3n) is 4.79. The van der Waals surface area contributed by atoms with E-state index in [1.165, 1.54) is 0 Å². The van der Waals surface area contributed by atoms with E-state index >= 15 is 0 Å². The van der Waals surface area contributed by atoms with Gasteiger partial charge in [-0.2, -0.15) is 13.2 Å². The topological polar surface area (TPSA) is 83.5 Å². The fourth-order valence-electron chi connectivity index (χ4n) is 2.87. The number of hydrogen-bond acceptors (Lipinski definition) is 4. The van der Waals surface area contributed by atoms with Crippen LogP contribution in [0.4, 0.5) is 13.2 Å². The predicted octanol–water partition coefficient (Wildman–Crippen LogP) is 3.05.